The maximum absolute atomic E-state index is 5.88. The Kier molecular flexibility index (Phi) is 2.96. The maximum atomic E-state index is 5.88. The molecule has 0 amide bonds. The summed E-state index contributed by atoms with van der Waals surface area (Å²) in [5.41, 5.74) is 8.76. The Balaban J connectivity index is 1.85. The molecule has 17 heavy (non-hydrogen) atoms. The van der Waals surface area contributed by atoms with Gasteiger partial charge in [0.05, 0.1) is 16.6 Å². The minimum Gasteiger partial charge on any atom is -0.383 e. The van der Waals surface area contributed by atoms with E-state index in [1.807, 2.05) is 22.3 Å². The predicted molar refractivity (Wildman–Crippen MR) is 73.5 cm³/mol. The van der Waals surface area contributed by atoms with E-state index in [1.165, 1.54) is 0 Å². The fourth-order valence-electron chi connectivity index (χ4n) is 1.37. The van der Waals surface area contributed by atoms with E-state index in [4.69, 9.17) is 5.73 Å². The lowest BCUT2D eigenvalue weighted by Gasteiger charge is -2.00. The average molecular weight is 280 g/mol. The first-order valence-corrected chi connectivity index (χ1v) is 7.64. The van der Waals surface area contributed by atoms with Crippen LogP contribution in [0.15, 0.2) is 27.5 Å². The molecule has 0 unspecified atom stereocenters. The van der Waals surface area contributed by atoms with E-state index in [-0.39, 0.29) is 0 Å². The molecule has 0 aliphatic carbocycles. The molecule has 3 aromatic rings. The van der Waals surface area contributed by atoms with Gasteiger partial charge in [0.25, 0.3) is 0 Å². The SMILES string of the molecule is Nc1nc(SCc2cscn2)nc2sccc12. The molecule has 0 aromatic carbocycles. The van der Waals surface area contributed by atoms with Crippen LogP contribution in [0.5, 0.6) is 0 Å². The smallest absolute Gasteiger partial charge is 0.191 e. The lowest BCUT2D eigenvalue weighted by Crippen LogP contribution is -1.95. The lowest BCUT2D eigenvalue weighted by molar-refractivity contribution is 1.01. The summed E-state index contributed by atoms with van der Waals surface area (Å²) in [5, 5.41) is 5.66. The number of hydrogen-bond donors (Lipinski definition) is 1. The molecule has 2 N–H and O–H groups in total. The van der Waals surface area contributed by atoms with Gasteiger partial charge < -0.3 is 5.73 Å². The van der Waals surface area contributed by atoms with Crippen molar-refractivity contribution < 1.29 is 0 Å². The maximum Gasteiger partial charge on any atom is 0.191 e. The van der Waals surface area contributed by atoms with Gasteiger partial charge in [-0.15, -0.1) is 22.7 Å². The minimum atomic E-state index is 0.553. The van der Waals surface area contributed by atoms with Crippen molar-refractivity contribution in [2.45, 2.75) is 10.9 Å². The summed E-state index contributed by atoms with van der Waals surface area (Å²) in [5.74, 6) is 1.33. The van der Waals surface area contributed by atoms with Crippen LogP contribution in [-0.4, -0.2) is 15.0 Å². The van der Waals surface area contributed by atoms with Gasteiger partial charge in [0, 0.05) is 11.1 Å². The van der Waals surface area contributed by atoms with Gasteiger partial charge in [0.15, 0.2) is 5.16 Å². The Hall–Kier alpha value is -1.18. The first-order chi connectivity index (χ1) is 8.33. The van der Waals surface area contributed by atoms with E-state index in [0.717, 1.165) is 21.7 Å². The van der Waals surface area contributed by atoms with Gasteiger partial charge in [-0.2, -0.15) is 0 Å². The molecule has 0 fully saturated rings. The van der Waals surface area contributed by atoms with Crippen molar-refractivity contribution in [3.05, 3.63) is 28.0 Å². The second-order valence-electron chi connectivity index (χ2n) is 3.30. The number of anilines is 1. The summed E-state index contributed by atoms with van der Waals surface area (Å²) in [6, 6.07) is 1.95. The first-order valence-electron chi connectivity index (χ1n) is 4.83. The average Bonchev–Trinajstić information content (AvgIpc) is 2.97. The Morgan fingerprint density at radius 3 is 3.12 bits per heavy atom. The highest BCUT2D eigenvalue weighted by molar-refractivity contribution is 7.98. The summed E-state index contributed by atoms with van der Waals surface area (Å²) in [6.45, 7) is 0. The molecule has 7 heteroatoms. The topological polar surface area (TPSA) is 64.7 Å². The van der Waals surface area contributed by atoms with Gasteiger partial charge in [0.2, 0.25) is 0 Å². The van der Waals surface area contributed by atoms with Crippen LogP contribution >= 0.6 is 34.4 Å². The zero-order valence-corrected chi connectivity index (χ0v) is 11.1. The molecule has 3 rings (SSSR count). The third kappa shape index (κ3) is 2.26. The molecule has 4 nitrogen and oxygen atoms in total. The van der Waals surface area contributed by atoms with Crippen LogP contribution < -0.4 is 5.73 Å². The van der Waals surface area contributed by atoms with Crippen molar-refractivity contribution in [3.63, 3.8) is 0 Å². The Morgan fingerprint density at radius 1 is 1.35 bits per heavy atom. The zero-order valence-electron chi connectivity index (χ0n) is 8.66. The molecule has 0 spiro atoms. The van der Waals surface area contributed by atoms with Crippen molar-refractivity contribution >= 4 is 50.5 Å². The molecule has 0 radical (unpaired) electrons. The number of rotatable bonds is 3. The number of thiophene rings is 1. The Bertz CT molecular complexity index is 632. The van der Waals surface area contributed by atoms with E-state index >= 15 is 0 Å². The molecule has 0 aliphatic heterocycles. The molecule has 0 saturated carbocycles. The quantitative estimate of drug-likeness (QED) is 0.590. The van der Waals surface area contributed by atoms with Gasteiger partial charge in [-0.1, -0.05) is 11.8 Å². The molecule has 0 bridgehead atoms. The van der Waals surface area contributed by atoms with Gasteiger partial charge in [-0.25, -0.2) is 15.0 Å². The Labute approximate surface area is 110 Å². The fourth-order valence-corrected chi connectivity index (χ4v) is 3.62. The van der Waals surface area contributed by atoms with Crippen molar-refractivity contribution in [3.8, 4) is 0 Å². The number of thioether (sulfide) groups is 1. The van der Waals surface area contributed by atoms with Gasteiger partial charge >= 0.3 is 0 Å². The monoisotopic (exact) mass is 280 g/mol. The van der Waals surface area contributed by atoms with E-state index in [2.05, 4.69) is 15.0 Å². The highest BCUT2D eigenvalue weighted by atomic mass is 32.2. The summed E-state index contributed by atoms with van der Waals surface area (Å²) < 4.78 is 0. The molecule has 0 saturated heterocycles. The minimum absolute atomic E-state index is 0.553. The van der Waals surface area contributed by atoms with Crippen LogP contribution in [0.2, 0.25) is 0 Å². The summed E-state index contributed by atoms with van der Waals surface area (Å²) in [7, 11) is 0. The van der Waals surface area contributed by atoms with Crippen LogP contribution in [0.25, 0.3) is 10.2 Å². The predicted octanol–water partition coefficient (Wildman–Crippen LogP) is 3.02. The molecular weight excluding hydrogens is 272 g/mol. The van der Waals surface area contributed by atoms with E-state index < -0.39 is 0 Å². The summed E-state index contributed by atoms with van der Waals surface area (Å²) in [4.78, 5) is 13.9. The number of nitrogens with zero attached hydrogens (tertiary/aromatic N) is 3. The molecule has 0 aliphatic rings. The molecular formula is C10H8N4S3. The van der Waals surface area contributed by atoms with Crippen molar-refractivity contribution in [1.29, 1.82) is 0 Å². The lowest BCUT2D eigenvalue weighted by atomic mass is 10.4. The number of hydrogen-bond acceptors (Lipinski definition) is 7. The Morgan fingerprint density at radius 2 is 2.29 bits per heavy atom. The summed E-state index contributed by atoms with van der Waals surface area (Å²) in [6.07, 6.45) is 0. The second kappa shape index (κ2) is 4.59. The van der Waals surface area contributed by atoms with Gasteiger partial charge in [0.1, 0.15) is 10.6 Å². The first kappa shape index (κ1) is 10.9. The number of aromatic nitrogens is 3. The fraction of sp³-hybridized carbons (Fsp3) is 0.100. The second-order valence-corrected chi connectivity index (χ2v) is 5.86. The van der Waals surface area contributed by atoms with Crippen LogP contribution in [0.1, 0.15) is 5.69 Å². The third-order valence-electron chi connectivity index (χ3n) is 2.17. The van der Waals surface area contributed by atoms with Gasteiger partial charge in [-0.05, 0) is 11.4 Å². The van der Waals surface area contributed by atoms with Crippen molar-refractivity contribution in [1.82, 2.24) is 15.0 Å². The molecule has 0 atom stereocenters. The largest absolute Gasteiger partial charge is 0.383 e. The van der Waals surface area contributed by atoms with Crippen LogP contribution in [0.3, 0.4) is 0 Å². The number of nitrogen functional groups attached to an aromatic ring is 1. The van der Waals surface area contributed by atoms with Gasteiger partial charge in [-0.3, -0.25) is 0 Å². The van der Waals surface area contributed by atoms with Crippen molar-refractivity contribution in [2.24, 2.45) is 0 Å². The standard InChI is InChI=1S/C10H8N4S3/c11-8-7-1-2-16-9(7)14-10(13-8)17-4-6-3-15-5-12-6/h1-3,5H,4H2,(H2,11,13,14). The molecule has 86 valence electrons. The van der Waals surface area contributed by atoms with Crippen LogP contribution in [0.4, 0.5) is 5.82 Å². The highest BCUT2D eigenvalue weighted by Crippen LogP contribution is 2.27. The number of fused-ring (bicyclic) bond motifs is 1. The molecule has 3 heterocycles. The molecule has 3 aromatic heterocycles. The number of nitrogens with two attached hydrogens (primary N) is 1. The highest BCUT2D eigenvalue weighted by Gasteiger charge is 2.07. The number of thiazole rings is 1. The zero-order chi connectivity index (χ0) is 11.7. The van der Waals surface area contributed by atoms with E-state index in [9.17, 15) is 0 Å². The van der Waals surface area contributed by atoms with E-state index in [1.54, 1.807) is 34.4 Å². The van der Waals surface area contributed by atoms with Crippen molar-refractivity contribution in [2.75, 3.05) is 5.73 Å². The van der Waals surface area contributed by atoms with Crippen LogP contribution in [-0.2, 0) is 5.75 Å². The van der Waals surface area contributed by atoms with Crippen LogP contribution in [0, 0.1) is 0 Å². The normalized spacial score (nSPS) is 11.1. The summed E-state index contributed by atoms with van der Waals surface area (Å²) >= 11 is 4.73. The third-order valence-corrected chi connectivity index (χ3v) is 4.49. The van der Waals surface area contributed by atoms with E-state index in [0.29, 0.717) is 11.0 Å².